The van der Waals surface area contributed by atoms with Gasteiger partial charge < -0.3 is 14.4 Å². The molecule has 0 unspecified atom stereocenters. The minimum atomic E-state index is -1.08. The summed E-state index contributed by atoms with van der Waals surface area (Å²) in [5.41, 5.74) is 2.88. The van der Waals surface area contributed by atoms with Crippen molar-refractivity contribution in [2.24, 2.45) is 0 Å². The maximum Gasteiger partial charge on any atom is 0.356 e. The number of carbonyl (C=O) groups is 1. The van der Waals surface area contributed by atoms with Crippen LogP contribution in [0.5, 0.6) is 11.5 Å². The number of carboxylic acids is 1. The zero-order chi connectivity index (χ0) is 23.0. The van der Waals surface area contributed by atoms with E-state index in [9.17, 15) is 9.90 Å². The molecular weight excluding hydrogens is 445 g/mol. The average Bonchev–Trinajstić information content (AvgIpc) is 3.02. The van der Waals surface area contributed by atoms with E-state index < -0.39 is 5.97 Å². The maximum absolute atomic E-state index is 12.4. The molecule has 0 saturated carbocycles. The summed E-state index contributed by atoms with van der Waals surface area (Å²) in [7, 11) is 0. The fourth-order valence-corrected chi connectivity index (χ4v) is 3.99. The molecule has 6 heteroatoms. The van der Waals surface area contributed by atoms with Crippen LogP contribution < -0.4 is 4.74 Å². The van der Waals surface area contributed by atoms with Gasteiger partial charge in [-0.05, 0) is 59.0 Å². The monoisotopic (exact) mass is 467 g/mol. The molecule has 0 bridgehead atoms. The molecule has 32 heavy (non-hydrogen) atoms. The molecule has 164 valence electrons. The van der Waals surface area contributed by atoms with Gasteiger partial charge in [0.25, 0.3) is 0 Å². The SMILES string of the molecule is CC(C)(C)c1ccc(Oc2c(C(=O)O)n(Cc3ccc(Cl)cc3)c3ccc(Cl)cc23)cc1. The summed E-state index contributed by atoms with van der Waals surface area (Å²) in [6, 6.07) is 20.3. The summed E-state index contributed by atoms with van der Waals surface area (Å²) >= 11 is 12.3. The molecule has 4 aromatic rings. The minimum absolute atomic E-state index is 0.00683. The number of rotatable bonds is 5. The summed E-state index contributed by atoms with van der Waals surface area (Å²) in [5, 5.41) is 11.9. The first-order valence-electron chi connectivity index (χ1n) is 10.2. The van der Waals surface area contributed by atoms with Crippen molar-refractivity contribution in [3.05, 3.63) is 93.6 Å². The second kappa shape index (κ2) is 8.53. The molecule has 0 aliphatic carbocycles. The average molecular weight is 468 g/mol. The Kier molecular flexibility index (Phi) is 5.93. The number of aromatic carboxylic acids is 1. The van der Waals surface area contributed by atoms with Crippen molar-refractivity contribution in [1.29, 1.82) is 0 Å². The number of ether oxygens (including phenoxy) is 1. The number of carboxylic acid groups (broad SMARTS) is 1. The molecule has 4 rings (SSSR count). The molecule has 1 N–H and O–H groups in total. The van der Waals surface area contributed by atoms with E-state index in [-0.39, 0.29) is 16.9 Å². The van der Waals surface area contributed by atoms with Crippen LogP contribution in [0.25, 0.3) is 10.9 Å². The van der Waals surface area contributed by atoms with E-state index in [1.165, 1.54) is 0 Å². The van der Waals surface area contributed by atoms with E-state index >= 15 is 0 Å². The van der Waals surface area contributed by atoms with Crippen LogP contribution in [-0.4, -0.2) is 15.6 Å². The predicted molar refractivity (Wildman–Crippen MR) is 130 cm³/mol. The van der Waals surface area contributed by atoms with Crippen LogP contribution in [0, 0.1) is 0 Å². The van der Waals surface area contributed by atoms with E-state index in [1.807, 2.05) is 42.5 Å². The molecule has 0 amide bonds. The van der Waals surface area contributed by atoms with Gasteiger partial charge in [0.1, 0.15) is 5.75 Å². The van der Waals surface area contributed by atoms with Gasteiger partial charge >= 0.3 is 5.97 Å². The Labute approximate surface area is 197 Å². The Balaban J connectivity index is 1.84. The quantitative estimate of drug-likeness (QED) is 0.325. The number of halogens is 2. The van der Waals surface area contributed by atoms with Gasteiger partial charge in [-0.2, -0.15) is 0 Å². The van der Waals surface area contributed by atoms with Gasteiger partial charge in [0.2, 0.25) is 0 Å². The largest absolute Gasteiger partial charge is 0.476 e. The first-order valence-corrected chi connectivity index (χ1v) is 11.0. The number of hydrogen-bond acceptors (Lipinski definition) is 2. The van der Waals surface area contributed by atoms with Crippen molar-refractivity contribution >= 4 is 40.1 Å². The molecule has 0 saturated heterocycles. The van der Waals surface area contributed by atoms with Crippen LogP contribution in [0.1, 0.15) is 42.4 Å². The minimum Gasteiger partial charge on any atom is -0.476 e. The molecule has 1 aromatic heterocycles. The van der Waals surface area contributed by atoms with E-state index in [4.69, 9.17) is 27.9 Å². The van der Waals surface area contributed by atoms with Gasteiger partial charge in [-0.3, -0.25) is 0 Å². The third-order valence-corrected chi connectivity index (χ3v) is 5.86. The van der Waals surface area contributed by atoms with Crippen molar-refractivity contribution < 1.29 is 14.6 Å². The van der Waals surface area contributed by atoms with Crippen molar-refractivity contribution in [2.45, 2.75) is 32.7 Å². The van der Waals surface area contributed by atoms with Crippen LogP contribution >= 0.6 is 23.2 Å². The molecule has 0 radical (unpaired) electrons. The Morgan fingerprint density at radius 2 is 1.56 bits per heavy atom. The summed E-state index contributed by atoms with van der Waals surface area (Å²) in [6.07, 6.45) is 0. The fraction of sp³-hybridized carbons (Fsp3) is 0.192. The molecule has 0 aliphatic rings. The topological polar surface area (TPSA) is 51.5 Å². The van der Waals surface area contributed by atoms with Gasteiger partial charge in [-0.25, -0.2) is 4.79 Å². The summed E-state index contributed by atoms with van der Waals surface area (Å²) in [5.74, 6) is -0.244. The molecule has 0 fully saturated rings. The molecule has 0 aliphatic heterocycles. The van der Waals surface area contributed by atoms with Gasteiger partial charge in [-0.15, -0.1) is 0 Å². The van der Waals surface area contributed by atoms with E-state index in [2.05, 4.69) is 20.8 Å². The zero-order valence-corrected chi connectivity index (χ0v) is 19.5. The van der Waals surface area contributed by atoms with Gasteiger partial charge in [-0.1, -0.05) is 68.2 Å². The lowest BCUT2D eigenvalue weighted by atomic mass is 9.87. The van der Waals surface area contributed by atoms with Crippen LogP contribution in [0.4, 0.5) is 0 Å². The Morgan fingerprint density at radius 1 is 0.938 bits per heavy atom. The highest BCUT2D eigenvalue weighted by Crippen LogP contribution is 2.39. The normalized spacial score (nSPS) is 11.7. The highest BCUT2D eigenvalue weighted by Gasteiger charge is 2.25. The van der Waals surface area contributed by atoms with Crippen LogP contribution in [0.3, 0.4) is 0 Å². The molecular formula is C26H23Cl2NO3. The second-order valence-corrected chi connectivity index (χ2v) is 9.61. The lowest BCUT2D eigenvalue weighted by Gasteiger charge is -2.19. The molecule has 0 atom stereocenters. The highest BCUT2D eigenvalue weighted by molar-refractivity contribution is 6.31. The van der Waals surface area contributed by atoms with E-state index in [0.717, 1.165) is 16.6 Å². The summed E-state index contributed by atoms with van der Waals surface area (Å²) in [6.45, 7) is 6.76. The molecule has 3 aromatic carbocycles. The number of fused-ring (bicyclic) bond motifs is 1. The molecule has 0 spiro atoms. The van der Waals surface area contributed by atoms with Gasteiger partial charge in [0, 0.05) is 22.0 Å². The van der Waals surface area contributed by atoms with Crippen molar-refractivity contribution in [3.63, 3.8) is 0 Å². The van der Waals surface area contributed by atoms with Crippen molar-refractivity contribution in [1.82, 2.24) is 4.57 Å². The lowest BCUT2D eigenvalue weighted by Crippen LogP contribution is -2.11. The standard InChI is InChI=1S/C26H23Cl2NO3/c1-26(2,3)17-6-11-20(12-7-17)32-24-21-14-19(28)10-13-22(21)29(23(24)25(30)31)15-16-4-8-18(27)9-5-16/h4-14H,15H2,1-3H3,(H,30,31). The van der Waals surface area contributed by atoms with Gasteiger partial charge in [0.05, 0.1) is 5.52 Å². The molecule has 4 nitrogen and oxygen atoms in total. The Morgan fingerprint density at radius 3 is 2.16 bits per heavy atom. The zero-order valence-electron chi connectivity index (χ0n) is 18.0. The van der Waals surface area contributed by atoms with Crippen LogP contribution in [0.15, 0.2) is 66.7 Å². The summed E-state index contributed by atoms with van der Waals surface area (Å²) < 4.78 is 7.90. The second-order valence-electron chi connectivity index (χ2n) is 8.73. The third kappa shape index (κ3) is 4.47. The number of hydrogen-bond donors (Lipinski definition) is 1. The number of nitrogens with zero attached hydrogens (tertiary/aromatic N) is 1. The molecule has 1 heterocycles. The highest BCUT2D eigenvalue weighted by atomic mass is 35.5. The van der Waals surface area contributed by atoms with Gasteiger partial charge in [0.15, 0.2) is 11.4 Å². The van der Waals surface area contributed by atoms with E-state index in [0.29, 0.717) is 27.7 Å². The fourth-order valence-electron chi connectivity index (χ4n) is 3.69. The van der Waals surface area contributed by atoms with Crippen molar-refractivity contribution in [2.75, 3.05) is 0 Å². The number of benzene rings is 3. The smallest absolute Gasteiger partial charge is 0.356 e. The third-order valence-electron chi connectivity index (χ3n) is 5.38. The van der Waals surface area contributed by atoms with Crippen LogP contribution in [-0.2, 0) is 12.0 Å². The first kappa shape index (κ1) is 22.3. The lowest BCUT2D eigenvalue weighted by molar-refractivity contribution is 0.0683. The van der Waals surface area contributed by atoms with Crippen molar-refractivity contribution in [3.8, 4) is 11.5 Å². The van der Waals surface area contributed by atoms with Crippen LogP contribution in [0.2, 0.25) is 10.0 Å². The van der Waals surface area contributed by atoms with E-state index in [1.54, 1.807) is 28.8 Å². The first-order chi connectivity index (χ1) is 15.1. The number of aromatic nitrogens is 1. The Hall–Kier alpha value is -2.95. The predicted octanol–water partition coefficient (Wildman–Crippen LogP) is 7.78. The summed E-state index contributed by atoms with van der Waals surface area (Å²) in [4.78, 5) is 12.4. The Bertz CT molecular complexity index is 1280. The maximum atomic E-state index is 12.4.